The third-order valence-electron chi connectivity index (χ3n) is 5.59. The van der Waals surface area contributed by atoms with Gasteiger partial charge in [0.05, 0.1) is 5.41 Å². The van der Waals surface area contributed by atoms with Gasteiger partial charge in [0.1, 0.15) is 29.6 Å². The number of carbonyl (C=O) groups is 3. The normalized spacial score (nSPS) is 11.0. The monoisotopic (exact) mass is 554 g/mol. The van der Waals surface area contributed by atoms with Crippen molar-refractivity contribution in [2.45, 2.75) is 34.6 Å². The summed E-state index contributed by atoms with van der Waals surface area (Å²) in [4.78, 5) is 36.2. The molecule has 3 aromatic carbocycles. The van der Waals surface area contributed by atoms with Crippen LogP contribution in [0.1, 0.15) is 40.2 Å². The van der Waals surface area contributed by atoms with Crippen molar-refractivity contribution in [2.75, 3.05) is 6.61 Å². The number of hydrogen-bond acceptors (Lipinski definition) is 7. The topological polar surface area (TPSA) is 88.1 Å². The van der Waals surface area contributed by atoms with Gasteiger partial charge in [0.25, 0.3) is 0 Å². The van der Waals surface area contributed by atoms with E-state index in [0.29, 0.717) is 34.1 Å². The van der Waals surface area contributed by atoms with Crippen LogP contribution >= 0.6 is 0 Å². The number of carbonyl (C=O) groups excluding carboxylic acids is 3. The summed E-state index contributed by atoms with van der Waals surface area (Å²) in [5, 5.41) is 0. The summed E-state index contributed by atoms with van der Waals surface area (Å²) in [6.45, 7) is 16.0. The molecule has 0 saturated carbocycles. The first-order valence-electron chi connectivity index (χ1n) is 12.9. The summed E-state index contributed by atoms with van der Waals surface area (Å²) in [7, 11) is 0. The highest BCUT2D eigenvalue weighted by molar-refractivity contribution is 5.90. The Morgan fingerprint density at radius 3 is 1.85 bits per heavy atom. The highest BCUT2D eigenvalue weighted by atomic mass is 16.5. The molecule has 0 atom stereocenters. The molecule has 0 N–H and O–H groups in total. The minimum Gasteiger partial charge on any atom is -0.489 e. The van der Waals surface area contributed by atoms with Crippen LogP contribution in [0.25, 0.3) is 17.2 Å². The van der Waals surface area contributed by atoms with Crippen LogP contribution < -0.4 is 18.9 Å². The van der Waals surface area contributed by atoms with Crippen molar-refractivity contribution in [1.29, 1.82) is 0 Å². The zero-order valence-electron chi connectivity index (χ0n) is 24.0. The molecule has 0 amide bonds. The standard InChI is InChI=1S/C34H34O7/c1-22(2)31(35)39-26-16-12-25(13-17-26)29-19-18-28(21-30(29)41-32(36)23(3)4)38-20-8-9-24-10-14-27(15-11-24)40-33(37)34(5,6)7/h8-19,21H,1,3,20H2,2,4-7H3/b9-8+. The molecular weight excluding hydrogens is 520 g/mol. The molecule has 0 spiro atoms. The van der Waals surface area contributed by atoms with Crippen LogP contribution in [-0.2, 0) is 14.4 Å². The zero-order chi connectivity index (χ0) is 30.2. The van der Waals surface area contributed by atoms with Gasteiger partial charge in [-0.05, 0) is 88.2 Å². The van der Waals surface area contributed by atoms with Crippen molar-refractivity contribution in [3.8, 4) is 34.1 Å². The minimum absolute atomic E-state index is 0.256. The van der Waals surface area contributed by atoms with Gasteiger partial charge in [-0.1, -0.05) is 43.5 Å². The summed E-state index contributed by atoms with van der Waals surface area (Å²) in [6, 6.07) is 19.2. The Hall–Kier alpha value is -4.91. The van der Waals surface area contributed by atoms with Crippen LogP contribution in [0, 0.1) is 5.41 Å². The van der Waals surface area contributed by atoms with E-state index in [1.54, 1.807) is 89.2 Å². The SMILES string of the molecule is C=C(C)C(=O)Oc1ccc(-c2ccc(OC/C=C/c3ccc(OC(=O)C(C)(C)C)cc3)cc2OC(=O)C(=C)C)cc1. The van der Waals surface area contributed by atoms with Crippen molar-refractivity contribution in [3.05, 3.63) is 103 Å². The predicted octanol–water partition coefficient (Wildman–Crippen LogP) is 7.36. The Kier molecular flexibility index (Phi) is 10.0. The van der Waals surface area contributed by atoms with Gasteiger partial charge >= 0.3 is 17.9 Å². The molecule has 3 aromatic rings. The molecule has 7 heteroatoms. The van der Waals surface area contributed by atoms with E-state index in [9.17, 15) is 14.4 Å². The lowest BCUT2D eigenvalue weighted by Crippen LogP contribution is -2.25. The first kappa shape index (κ1) is 30.6. The van der Waals surface area contributed by atoms with Crippen molar-refractivity contribution < 1.29 is 33.3 Å². The van der Waals surface area contributed by atoms with Gasteiger partial charge in [0.2, 0.25) is 0 Å². The fraction of sp³-hybridized carbons (Fsp3) is 0.206. The maximum absolute atomic E-state index is 12.3. The summed E-state index contributed by atoms with van der Waals surface area (Å²) in [5.41, 5.74) is 2.27. The number of ether oxygens (including phenoxy) is 4. The zero-order valence-corrected chi connectivity index (χ0v) is 24.0. The molecule has 0 bridgehead atoms. The molecule has 0 unspecified atom stereocenters. The molecule has 41 heavy (non-hydrogen) atoms. The van der Waals surface area contributed by atoms with Gasteiger partial charge in [-0.15, -0.1) is 0 Å². The first-order chi connectivity index (χ1) is 19.3. The van der Waals surface area contributed by atoms with E-state index in [1.165, 1.54) is 0 Å². The van der Waals surface area contributed by atoms with E-state index in [0.717, 1.165) is 11.1 Å². The molecule has 0 fully saturated rings. The third kappa shape index (κ3) is 9.07. The molecule has 0 aromatic heterocycles. The van der Waals surface area contributed by atoms with Gasteiger partial charge < -0.3 is 18.9 Å². The molecule has 0 heterocycles. The third-order valence-corrected chi connectivity index (χ3v) is 5.59. The van der Waals surface area contributed by atoms with E-state index < -0.39 is 17.4 Å². The fourth-order valence-corrected chi connectivity index (χ4v) is 3.23. The second-order valence-corrected chi connectivity index (χ2v) is 10.4. The van der Waals surface area contributed by atoms with E-state index in [-0.39, 0.29) is 18.1 Å². The molecule has 0 aliphatic heterocycles. The van der Waals surface area contributed by atoms with Gasteiger partial charge in [-0.3, -0.25) is 4.79 Å². The molecule has 0 aliphatic carbocycles. The van der Waals surface area contributed by atoms with E-state index in [4.69, 9.17) is 18.9 Å². The smallest absolute Gasteiger partial charge is 0.338 e. The van der Waals surface area contributed by atoms with Gasteiger partial charge in [0, 0.05) is 22.8 Å². The van der Waals surface area contributed by atoms with E-state index in [1.807, 2.05) is 24.3 Å². The number of hydrogen-bond donors (Lipinski definition) is 0. The molecule has 0 radical (unpaired) electrons. The Labute approximate surface area is 240 Å². The Balaban J connectivity index is 1.70. The van der Waals surface area contributed by atoms with Crippen LogP contribution in [0.3, 0.4) is 0 Å². The predicted molar refractivity (Wildman–Crippen MR) is 159 cm³/mol. The quantitative estimate of drug-likeness (QED) is 0.147. The molecular formula is C34H34O7. The van der Waals surface area contributed by atoms with Gasteiger partial charge in [-0.25, -0.2) is 9.59 Å². The Bertz CT molecular complexity index is 1470. The fourth-order valence-electron chi connectivity index (χ4n) is 3.23. The molecule has 0 saturated heterocycles. The Morgan fingerprint density at radius 1 is 0.732 bits per heavy atom. The second-order valence-electron chi connectivity index (χ2n) is 10.4. The maximum atomic E-state index is 12.3. The van der Waals surface area contributed by atoms with Crippen LogP contribution in [-0.4, -0.2) is 24.5 Å². The highest BCUT2D eigenvalue weighted by Gasteiger charge is 2.23. The maximum Gasteiger partial charge on any atom is 0.338 e. The van der Waals surface area contributed by atoms with Gasteiger partial charge in [-0.2, -0.15) is 0 Å². The van der Waals surface area contributed by atoms with Crippen LogP contribution in [0.2, 0.25) is 0 Å². The lowest BCUT2D eigenvalue weighted by molar-refractivity contribution is -0.143. The first-order valence-corrected chi connectivity index (χ1v) is 12.9. The number of rotatable bonds is 10. The highest BCUT2D eigenvalue weighted by Crippen LogP contribution is 2.35. The van der Waals surface area contributed by atoms with Crippen LogP contribution in [0.4, 0.5) is 0 Å². The summed E-state index contributed by atoms with van der Waals surface area (Å²) < 4.78 is 22.1. The molecule has 3 rings (SSSR count). The van der Waals surface area contributed by atoms with Gasteiger partial charge in [0.15, 0.2) is 0 Å². The van der Waals surface area contributed by atoms with Crippen LogP contribution in [0.5, 0.6) is 23.0 Å². The lowest BCUT2D eigenvalue weighted by atomic mass is 9.97. The van der Waals surface area contributed by atoms with E-state index in [2.05, 4.69) is 13.2 Å². The molecule has 212 valence electrons. The van der Waals surface area contributed by atoms with Crippen molar-refractivity contribution in [2.24, 2.45) is 5.41 Å². The summed E-state index contributed by atoms with van der Waals surface area (Å²) >= 11 is 0. The summed E-state index contributed by atoms with van der Waals surface area (Å²) in [6.07, 6.45) is 3.72. The van der Waals surface area contributed by atoms with E-state index >= 15 is 0 Å². The average Bonchev–Trinajstić information content (AvgIpc) is 2.92. The largest absolute Gasteiger partial charge is 0.489 e. The van der Waals surface area contributed by atoms with Crippen molar-refractivity contribution in [3.63, 3.8) is 0 Å². The average molecular weight is 555 g/mol. The molecule has 7 nitrogen and oxygen atoms in total. The second kappa shape index (κ2) is 13.4. The summed E-state index contributed by atoms with van der Waals surface area (Å²) in [5.74, 6) is 0.280. The number of esters is 3. The minimum atomic E-state index is -0.581. The van der Waals surface area contributed by atoms with Crippen molar-refractivity contribution >= 4 is 24.0 Å². The number of benzene rings is 3. The molecule has 0 aliphatic rings. The Morgan fingerprint density at radius 2 is 1.27 bits per heavy atom. The lowest BCUT2D eigenvalue weighted by Gasteiger charge is -2.16. The van der Waals surface area contributed by atoms with Crippen molar-refractivity contribution in [1.82, 2.24) is 0 Å². The van der Waals surface area contributed by atoms with Crippen LogP contribution in [0.15, 0.2) is 97.1 Å².